The molecule has 0 amide bonds. The molecule has 0 spiro atoms. The molecular weight excluding hydrogens is 294 g/mol. The van der Waals surface area contributed by atoms with Gasteiger partial charge in [-0.05, 0) is 24.6 Å². The highest BCUT2D eigenvalue weighted by Crippen LogP contribution is 2.28. The number of aromatic nitrogens is 2. The van der Waals surface area contributed by atoms with Crippen LogP contribution in [0.3, 0.4) is 0 Å². The van der Waals surface area contributed by atoms with E-state index in [2.05, 4.69) is 33.2 Å². The number of halogens is 1. The molecule has 0 radical (unpaired) electrons. The molecule has 5 heteroatoms. The lowest BCUT2D eigenvalue weighted by Gasteiger charge is -2.13. The van der Waals surface area contributed by atoms with E-state index in [1.165, 1.54) is 0 Å². The van der Waals surface area contributed by atoms with Gasteiger partial charge in [0.25, 0.3) is 0 Å². The zero-order valence-electron chi connectivity index (χ0n) is 10.5. The molecule has 0 fully saturated rings. The summed E-state index contributed by atoms with van der Waals surface area (Å²) in [5.41, 5.74) is 0.961. The second-order valence-electron chi connectivity index (χ2n) is 3.86. The van der Waals surface area contributed by atoms with E-state index in [0.29, 0.717) is 0 Å². The summed E-state index contributed by atoms with van der Waals surface area (Å²) >= 11 is 3.48. The highest BCUT2D eigenvalue weighted by Gasteiger charge is 2.10. The van der Waals surface area contributed by atoms with Gasteiger partial charge in [0.15, 0.2) is 0 Å². The lowest BCUT2D eigenvalue weighted by molar-refractivity contribution is 0.413. The van der Waals surface area contributed by atoms with Crippen LogP contribution < -0.4 is 10.1 Å². The summed E-state index contributed by atoms with van der Waals surface area (Å²) in [6.45, 7) is 3.02. The Morgan fingerprint density at radius 1 is 1.44 bits per heavy atom. The fraction of sp³-hybridized carbons (Fsp3) is 0.308. The van der Waals surface area contributed by atoms with Gasteiger partial charge in [0, 0.05) is 23.4 Å². The zero-order valence-corrected chi connectivity index (χ0v) is 12.1. The first kappa shape index (κ1) is 13.0. The number of hydrogen-bond acceptors (Lipinski definition) is 3. The van der Waals surface area contributed by atoms with Crippen LogP contribution in [0.5, 0.6) is 5.75 Å². The molecule has 0 atom stereocenters. The monoisotopic (exact) mass is 309 g/mol. The first-order valence-electron chi connectivity index (χ1n) is 5.87. The highest BCUT2D eigenvalue weighted by atomic mass is 79.9. The van der Waals surface area contributed by atoms with Crippen molar-refractivity contribution in [3.63, 3.8) is 0 Å². The van der Waals surface area contributed by atoms with Crippen molar-refractivity contribution in [3.05, 3.63) is 35.1 Å². The van der Waals surface area contributed by atoms with Gasteiger partial charge in [-0.2, -0.15) is 0 Å². The molecule has 0 aliphatic carbocycles. The summed E-state index contributed by atoms with van der Waals surface area (Å²) in [4.78, 5) is 4.32. The van der Waals surface area contributed by atoms with Crippen LogP contribution in [0, 0.1) is 0 Å². The zero-order chi connectivity index (χ0) is 13.0. The molecule has 96 valence electrons. The molecular formula is C13H16BrN3O. The van der Waals surface area contributed by atoms with E-state index >= 15 is 0 Å². The molecule has 0 saturated carbocycles. The Labute approximate surface area is 115 Å². The maximum Gasteiger partial charge on any atom is 0.207 e. The predicted octanol–water partition coefficient (Wildman–Crippen LogP) is 3.47. The Kier molecular flexibility index (Phi) is 4.25. The molecule has 1 aromatic heterocycles. The Morgan fingerprint density at radius 2 is 2.28 bits per heavy atom. The van der Waals surface area contributed by atoms with Gasteiger partial charge in [0.2, 0.25) is 5.95 Å². The van der Waals surface area contributed by atoms with Crippen molar-refractivity contribution in [1.29, 1.82) is 0 Å². The molecule has 18 heavy (non-hydrogen) atoms. The van der Waals surface area contributed by atoms with Crippen molar-refractivity contribution in [2.24, 2.45) is 0 Å². The second kappa shape index (κ2) is 5.91. The van der Waals surface area contributed by atoms with Crippen molar-refractivity contribution < 1.29 is 4.74 Å². The van der Waals surface area contributed by atoms with E-state index in [0.717, 1.165) is 34.8 Å². The summed E-state index contributed by atoms with van der Waals surface area (Å²) in [6, 6.07) is 5.90. The molecule has 1 aromatic carbocycles. The van der Waals surface area contributed by atoms with Gasteiger partial charge in [0.1, 0.15) is 5.75 Å². The Morgan fingerprint density at radius 3 is 3.00 bits per heavy atom. The average molecular weight is 310 g/mol. The maximum atomic E-state index is 5.39. The van der Waals surface area contributed by atoms with Gasteiger partial charge in [-0.3, -0.25) is 4.57 Å². The number of rotatable bonds is 5. The third kappa shape index (κ3) is 2.67. The Balaban J connectivity index is 2.41. The Hall–Kier alpha value is -1.49. The molecule has 4 nitrogen and oxygen atoms in total. The number of benzene rings is 1. The molecule has 2 aromatic rings. The minimum Gasteiger partial charge on any atom is -0.495 e. The van der Waals surface area contributed by atoms with Gasteiger partial charge in [0.05, 0.1) is 12.8 Å². The number of methoxy groups -OCH3 is 1. The minimum absolute atomic E-state index is 0.816. The van der Waals surface area contributed by atoms with Crippen molar-refractivity contribution in [3.8, 4) is 11.4 Å². The van der Waals surface area contributed by atoms with E-state index in [9.17, 15) is 0 Å². The molecule has 0 saturated heterocycles. The number of ether oxygens (including phenoxy) is 1. The van der Waals surface area contributed by atoms with Crippen LogP contribution >= 0.6 is 15.9 Å². The molecule has 1 heterocycles. The van der Waals surface area contributed by atoms with E-state index in [-0.39, 0.29) is 0 Å². The van der Waals surface area contributed by atoms with E-state index in [1.807, 2.05) is 29.0 Å². The van der Waals surface area contributed by atoms with Crippen LogP contribution in [0.2, 0.25) is 0 Å². The van der Waals surface area contributed by atoms with Crippen molar-refractivity contribution in [2.45, 2.75) is 13.3 Å². The molecule has 1 N–H and O–H groups in total. The lowest BCUT2D eigenvalue weighted by atomic mass is 10.3. The third-order valence-corrected chi connectivity index (χ3v) is 3.07. The summed E-state index contributed by atoms with van der Waals surface area (Å²) in [7, 11) is 1.67. The fourth-order valence-electron chi connectivity index (χ4n) is 1.72. The number of anilines is 1. The fourth-order valence-corrected chi connectivity index (χ4v) is 2.07. The van der Waals surface area contributed by atoms with E-state index in [1.54, 1.807) is 13.3 Å². The maximum absolute atomic E-state index is 5.39. The Bertz CT molecular complexity index is 525. The molecule has 2 rings (SSSR count). The van der Waals surface area contributed by atoms with Crippen molar-refractivity contribution >= 4 is 21.9 Å². The smallest absolute Gasteiger partial charge is 0.207 e. The first-order chi connectivity index (χ1) is 8.76. The van der Waals surface area contributed by atoms with Gasteiger partial charge < -0.3 is 10.1 Å². The van der Waals surface area contributed by atoms with Gasteiger partial charge in [-0.15, -0.1) is 0 Å². The predicted molar refractivity (Wildman–Crippen MR) is 76.6 cm³/mol. The minimum atomic E-state index is 0.816. The van der Waals surface area contributed by atoms with Crippen molar-refractivity contribution in [1.82, 2.24) is 9.55 Å². The lowest BCUT2D eigenvalue weighted by Crippen LogP contribution is -2.07. The highest BCUT2D eigenvalue weighted by molar-refractivity contribution is 9.10. The third-order valence-electron chi connectivity index (χ3n) is 2.57. The molecule has 0 aliphatic rings. The molecule has 0 unspecified atom stereocenters. The van der Waals surface area contributed by atoms with Gasteiger partial charge in [-0.1, -0.05) is 22.9 Å². The number of nitrogens with one attached hydrogen (secondary N) is 1. The van der Waals surface area contributed by atoms with Crippen LogP contribution in [0.25, 0.3) is 5.69 Å². The SMILES string of the molecule is CCCNc1nccn1-c1cc(Br)ccc1OC. The summed E-state index contributed by atoms with van der Waals surface area (Å²) in [5, 5.41) is 3.29. The largest absolute Gasteiger partial charge is 0.495 e. The average Bonchev–Trinajstić information content (AvgIpc) is 2.84. The normalized spacial score (nSPS) is 10.4. The van der Waals surface area contributed by atoms with Crippen LogP contribution in [-0.4, -0.2) is 23.2 Å². The van der Waals surface area contributed by atoms with Crippen LogP contribution in [-0.2, 0) is 0 Å². The summed E-state index contributed by atoms with van der Waals surface area (Å²) < 4.78 is 8.38. The summed E-state index contributed by atoms with van der Waals surface area (Å²) in [5.74, 6) is 1.64. The summed E-state index contributed by atoms with van der Waals surface area (Å²) in [6.07, 6.45) is 4.75. The van der Waals surface area contributed by atoms with Crippen LogP contribution in [0.15, 0.2) is 35.1 Å². The number of nitrogens with zero attached hydrogens (tertiary/aromatic N) is 2. The van der Waals surface area contributed by atoms with E-state index in [4.69, 9.17) is 4.74 Å². The van der Waals surface area contributed by atoms with Crippen LogP contribution in [0.1, 0.15) is 13.3 Å². The first-order valence-corrected chi connectivity index (χ1v) is 6.66. The quantitative estimate of drug-likeness (QED) is 0.919. The van der Waals surface area contributed by atoms with Gasteiger partial charge in [-0.25, -0.2) is 4.98 Å². The number of imidazole rings is 1. The topological polar surface area (TPSA) is 39.1 Å². The molecule has 0 aliphatic heterocycles. The van der Waals surface area contributed by atoms with Crippen molar-refractivity contribution in [2.75, 3.05) is 19.0 Å². The molecule has 0 bridgehead atoms. The van der Waals surface area contributed by atoms with Crippen LogP contribution in [0.4, 0.5) is 5.95 Å². The number of hydrogen-bond donors (Lipinski definition) is 1. The van der Waals surface area contributed by atoms with E-state index < -0.39 is 0 Å². The van der Waals surface area contributed by atoms with Gasteiger partial charge >= 0.3 is 0 Å². The standard InChI is InChI=1S/C13H16BrN3O/c1-3-6-15-13-16-7-8-17(13)11-9-10(14)4-5-12(11)18-2/h4-5,7-9H,3,6H2,1-2H3,(H,15,16). The second-order valence-corrected chi connectivity index (χ2v) is 4.78.